The van der Waals surface area contributed by atoms with Crippen LogP contribution >= 0.6 is 0 Å². The molecule has 1 aromatic rings. The number of nitrogens with one attached hydrogen (secondary N) is 1. The van der Waals surface area contributed by atoms with E-state index in [0.717, 1.165) is 31.4 Å². The smallest absolute Gasteiger partial charge is 0.227 e. The molecule has 0 saturated heterocycles. The van der Waals surface area contributed by atoms with Crippen molar-refractivity contribution in [1.82, 2.24) is 0 Å². The van der Waals surface area contributed by atoms with Crippen LogP contribution in [0, 0.1) is 22.7 Å². The van der Waals surface area contributed by atoms with E-state index >= 15 is 0 Å². The summed E-state index contributed by atoms with van der Waals surface area (Å²) in [6.45, 7) is 11.8. The molecule has 1 aliphatic rings. The van der Waals surface area contributed by atoms with Crippen molar-refractivity contribution in [3.8, 4) is 0 Å². The average molecular weight is 301 g/mol. The molecule has 0 atom stereocenters. The minimum absolute atomic E-state index is 0.162. The third-order valence-electron chi connectivity index (χ3n) is 5.89. The van der Waals surface area contributed by atoms with Gasteiger partial charge in [0.1, 0.15) is 0 Å². The van der Waals surface area contributed by atoms with Crippen LogP contribution in [0.25, 0.3) is 0 Å². The highest BCUT2D eigenvalue weighted by molar-refractivity contribution is 5.92. The van der Waals surface area contributed by atoms with Crippen molar-refractivity contribution in [2.75, 3.05) is 5.32 Å². The highest BCUT2D eigenvalue weighted by Crippen LogP contribution is 2.55. The molecule has 1 aromatic carbocycles. The van der Waals surface area contributed by atoms with Crippen LogP contribution in [0.4, 0.5) is 5.69 Å². The van der Waals surface area contributed by atoms with E-state index in [1.54, 1.807) is 0 Å². The Morgan fingerprint density at radius 1 is 1.14 bits per heavy atom. The Morgan fingerprint density at radius 2 is 1.68 bits per heavy atom. The quantitative estimate of drug-likeness (QED) is 0.784. The average Bonchev–Trinajstić information content (AvgIpc) is 2.47. The first-order chi connectivity index (χ1) is 10.3. The van der Waals surface area contributed by atoms with Crippen molar-refractivity contribution in [3.63, 3.8) is 0 Å². The molecule has 122 valence electrons. The van der Waals surface area contributed by atoms with Crippen LogP contribution < -0.4 is 5.32 Å². The van der Waals surface area contributed by atoms with E-state index in [2.05, 4.69) is 39.9 Å². The number of para-hydroxylation sites is 1. The fourth-order valence-electron chi connectivity index (χ4n) is 4.35. The minimum atomic E-state index is 0.162. The van der Waals surface area contributed by atoms with Gasteiger partial charge < -0.3 is 5.32 Å². The number of benzene rings is 1. The van der Waals surface area contributed by atoms with Crippen LogP contribution in [0.15, 0.2) is 30.3 Å². The fourth-order valence-corrected chi connectivity index (χ4v) is 4.35. The van der Waals surface area contributed by atoms with Crippen LogP contribution in [-0.2, 0) is 4.79 Å². The van der Waals surface area contributed by atoms with Gasteiger partial charge in [-0.2, -0.15) is 0 Å². The molecule has 22 heavy (non-hydrogen) atoms. The monoisotopic (exact) mass is 301 g/mol. The van der Waals surface area contributed by atoms with Crippen LogP contribution in [0.3, 0.4) is 0 Å². The van der Waals surface area contributed by atoms with Gasteiger partial charge in [0.05, 0.1) is 0 Å². The third kappa shape index (κ3) is 3.37. The van der Waals surface area contributed by atoms with Crippen LogP contribution in [0.2, 0.25) is 0 Å². The normalized spacial score (nSPS) is 26.0. The Balaban J connectivity index is 2.01. The molecule has 0 heterocycles. The van der Waals surface area contributed by atoms with Gasteiger partial charge in [0.25, 0.3) is 0 Å². The maximum absolute atomic E-state index is 12.5. The molecular weight excluding hydrogens is 270 g/mol. The molecule has 1 saturated carbocycles. The van der Waals surface area contributed by atoms with Crippen molar-refractivity contribution < 1.29 is 4.79 Å². The lowest BCUT2D eigenvalue weighted by atomic mass is 9.53. The SMILES string of the molecule is CC(C)C1(C(C)(C)C)CCC(C(=O)Nc2ccccc2)CC1. The number of carbonyl (C=O) groups is 1. The Kier molecular flexibility index (Phi) is 4.99. The Bertz CT molecular complexity index is 490. The molecule has 1 aliphatic carbocycles. The largest absolute Gasteiger partial charge is 0.326 e. The number of amides is 1. The lowest BCUT2D eigenvalue weighted by molar-refractivity contribution is -0.123. The van der Waals surface area contributed by atoms with Crippen molar-refractivity contribution >= 4 is 11.6 Å². The van der Waals surface area contributed by atoms with E-state index in [9.17, 15) is 4.79 Å². The van der Waals surface area contributed by atoms with E-state index in [1.165, 1.54) is 0 Å². The summed E-state index contributed by atoms with van der Waals surface area (Å²) in [5, 5.41) is 3.07. The molecule has 0 unspecified atom stereocenters. The number of anilines is 1. The highest BCUT2D eigenvalue weighted by atomic mass is 16.1. The summed E-state index contributed by atoms with van der Waals surface area (Å²) in [5.41, 5.74) is 1.56. The summed E-state index contributed by atoms with van der Waals surface area (Å²) < 4.78 is 0. The van der Waals surface area contributed by atoms with Crippen molar-refractivity contribution in [2.24, 2.45) is 22.7 Å². The summed E-state index contributed by atoms with van der Waals surface area (Å²) in [7, 11) is 0. The van der Waals surface area contributed by atoms with E-state index in [1.807, 2.05) is 30.3 Å². The first-order valence-electron chi connectivity index (χ1n) is 8.62. The van der Waals surface area contributed by atoms with Gasteiger partial charge in [0.2, 0.25) is 5.91 Å². The molecule has 0 aromatic heterocycles. The van der Waals surface area contributed by atoms with Crippen molar-refractivity contribution in [1.29, 1.82) is 0 Å². The second kappa shape index (κ2) is 6.44. The first-order valence-corrected chi connectivity index (χ1v) is 8.62. The number of hydrogen-bond acceptors (Lipinski definition) is 1. The third-order valence-corrected chi connectivity index (χ3v) is 5.89. The molecule has 0 spiro atoms. The van der Waals surface area contributed by atoms with E-state index in [-0.39, 0.29) is 11.8 Å². The van der Waals surface area contributed by atoms with Gasteiger partial charge in [0.15, 0.2) is 0 Å². The minimum Gasteiger partial charge on any atom is -0.326 e. The van der Waals surface area contributed by atoms with E-state index in [0.29, 0.717) is 16.7 Å². The number of carbonyl (C=O) groups excluding carboxylic acids is 1. The molecule has 0 radical (unpaired) electrons. The zero-order valence-electron chi connectivity index (χ0n) is 14.8. The predicted octanol–water partition coefficient (Wildman–Crippen LogP) is 5.50. The van der Waals surface area contributed by atoms with Gasteiger partial charge in [-0.3, -0.25) is 4.79 Å². The van der Waals surface area contributed by atoms with E-state index in [4.69, 9.17) is 0 Å². The zero-order valence-corrected chi connectivity index (χ0v) is 14.8. The maximum Gasteiger partial charge on any atom is 0.227 e. The Labute approximate surface area is 135 Å². The lowest BCUT2D eigenvalue weighted by Crippen LogP contribution is -2.44. The maximum atomic E-state index is 12.5. The molecule has 0 aliphatic heterocycles. The predicted molar refractivity (Wildman–Crippen MR) is 93.8 cm³/mol. The summed E-state index contributed by atoms with van der Waals surface area (Å²) >= 11 is 0. The van der Waals surface area contributed by atoms with Crippen LogP contribution in [0.1, 0.15) is 60.3 Å². The summed E-state index contributed by atoms with van der Waals surface area (Å²) in [6, 6.07) is 9.79. The Hall–Kier alpha value is -1.31. The van der Waals surface area contributed by atoms with E-state index < -0.39 is 0 Å². The fraction of sp³-hybridized carbons (Fsp3) is 0.650. The molecular formula is C20H31NO. The van der Waals surface area contributed by atoms with Crippen LogP contribution in [0.5, 0.6) is 0 Å². The second-order valence-electron chi connectivity index (χ2n) is 8.19. The summed E-state index contributed by atoms with van der Waals surface area (Å²) in [5.74, 6) is 1.01. The molecule has 1 fully saturated rings. The standard InChI is InChI=1S/C20H31NO/c1-15(2)20(19(3,4)5)13-11-16(12-14-20)18(22)21-17-9-7-6-8-10-17/h6-10,15-16H,11-14H2,1-5H3,(H,21,22). The van der Waals surface area contributed by atoms with Gasteiger partial charge in [-0.15, -0.1) is 0 Å². The first kappa shape index (κ1) is 17.1. The van der Waals surface area contributed by atoms with Crippen LogP contribution in [-0.4, -0.2) is 5.91 Å². The van der Waals surface area contributed by atoms with Gasteiger partial charge in [-0.25, -0.2) is 0 Å². The number of rotatable bonds is 3. The van der Waals surface area contributed by atoms with Gasteiger partial charge in [-0.05, 0) is 54.6 Å². The topological polar surface area (TPSA) is 29.1 Å². The van der Waals surface area contributed by atoms with Gasteiger partial charge >= 0.3 is 0 Å². The molecule has 2 nitrogen and oxygen atoms in total. The van der Waals surface area contributed by atoms with Gasteiger partial charge in [-0.1, -0.05) is 52.8 Å². The number of hydrogen-bond donors (Lipinski definition) is 1. The molecule has 1 amide bonds. The summed E-state index contributed by atoms with van der Waals surface area (Å²) in [4.78, 5) is 12.5. The molecule has 2 rings (SSSR count). The molecule has 2 heteroatoms. The highest BCUT2D eigenvalue weighted by Gasteiger charge is 2.47. The molecule has 0 bridgehead atoms. The molecule has 1 N–H and O–H groups in total. The van der Waals surface area contributed by atoms with Gasteiger partial charge in [0, 0.05) is 11.6 Å². The second-order valence-corrected chi connectivity index (χ2v) is 8.19. The lowest BCUT2D eigenvalue weighted by Gasteiger charge is -2.52. The Morgan fingerprint density at radius 3 is 2.14 bits per heavy atom. The van der Waals surface area contributed by atoms with Crippen molar-refractivity contribution in [2.45, 2.75) is 60.3 Å². The zero-order chi connectivity index (χ0) is 16.4. The van der Waals surface area contributed by atoms with Crippen molar-refractivity contribution in [3.05, 3.63) is 30.3 Å². The summed E-state index contributed by atoms with van der Waals surface area (Å²) in [6.07, 6.45) is 4.32.